The first-order chi connectivity index (χ1) is 9.38. The van der Waals surface area contributed by atoms with E-state index in [4.69, 9.17) is 0 Å². The molecule has 1 unspecified atom stereocenters. The van der Waals surface area contributed by atoms with E-state index in [9.17, 15) is 4.79 Å². The summed E-state index contributed by atoms with van der Waals surface area (Å²) in [5.41, 5.74) is 0.964. The molecule has 0 bridgehead atoms. The van der Waals surface area contributed by atoms with E-state index < -0.39 is 0 Å². The fourth-order valence-electron chi connectivity index (χ4n) is 2.95. The molecule has 0 radical (unpaired) electrons. The predicted molar refractivity (Wildman–Crippen MR) is 86.6 cm³/mol. The first-order valence-electron chi connectivity index (χ1n) is 7.84. The highest BCUT2D eigenvalue weighted by molar-refractivity contribution is 8.01. The number of hydrogen-bond acceptors (Lipinski definition) is 3. The third kappa shape index (κ3) is 2.91. The lowest BCUT2D eigenvalue weighted by Gasteiger charge is -2.43. The van der Waals surface area contributed by atoms with Crippen molar-refractivity contribution in [3.05, 3.63) is 12.3 Å². The summed E-state index contributed by atoms with van der Waals surface area (Å²) in [5, 5.41) is 3.77. The van der Waals surface area contributed by atoms with Crippen molar-refractivity contribution in [3.8, 4) is 0 Å². The molecule has 2 fully saturated rings. The third-order valence-corrected chi connectivity index (χ3v) is 5.95. The van der Waals surface area contributed by atoms with Gasteiger partial charge in [-0.15, -0.1) is 11.8 Å². The quantitative estimate of drug-likeness (QED) is 0.576. The number of rotatable bonds is 7. The van der Waals surface area contributed by atoms with Gasteiger partial charge in [0.05, 0.1) is 4.75 Å². The van der Waals surface area contributed by atoms with Gasteiger partial charge in [0.1, 0.15) is 11.4 Å². The van der Waals surface area contributed by atoms with Crippen molar-refractivity contribution in [1.29, 1.82) is 0 Å². The Hall–Kier alpha value is -0.480. The Morgan fingerprint density at radius 3 is 2.75 bits per heavy atom. The molecule has 2 aliphatic heterocycles. The zero-order valence-electron chi connectivity index (χ0n) is 13.2. The lowest BCUT2D eigenvalue weighted by Crippen LogP contribution is -2.67. The van der Waals surface area contributed by atoms with Crippen LogP contribution in [0.4, 0.5) is 0 Å². The van der Waals surface area contributed by atoms with Crippen LogP contribution in [-0.2, 0) is 4.79 Å². The van der Waals surface area contributed by atoms with Crippen LogP contribution in [0.2, 0.25) is 0 Å². The predicted octanol–water partition coefficient (Wildman–Crippen LogP) is 3.51. The SMILES string of the molecule is C=C1N2C(=O)[C@@H](NC(C)CCCCCC)[C@H]2SC1(C)C. The fraction of sp³-hybridized carbons (Fsp3) is 0.812. The Bertz CT molecular complexity index is 394. The molecule has 2 saturated heterocycles. The van der Waals surface area contributed by atoms with Gasteiger partial charge in [-0.1, -0.05) is 39.2 Å². The second kappa shape index (κ2) is 6.10. The second-order valence-corrected chi connectivity index (χ2v) is 8.31. The van der Waals surface area contributed by atoms with E-state index in [0.29, 0.717) is 6.04 Å². The average molecular weight is 296 g/mol. The third-order valence-electron chi connectivity index (χ3n) is 4.40. The number of carbonyl (C=O) groups excluding carboxylic acids is 1. The van der Waals surface area contributed by atoms with Crippen molar-refractivity contribution in [2.75, 3.05) is 0 Å². The van der Waals surface area contributed by atoms with Crippen LogP contribution in [0.15, 0.2) is 12.3 Å². The number of nitrogens with one attached hydrogen (secondary N) is 1. The molecule has 0 spiro atoms. The molecule has 1 amide bonds. The maximum absolute atomic E-state index is 12.2. The normalized spacial score (nSPS) is 29.3. The minimum atomic E-state index is -0.0142. The number of carbonyl (C=O) groups is 1. The molecule has 0 aromatic rings. The first-order valence-corrected chi connectivity index (χ1v) is 8.72. The summed E-state index contributed by atoms with van der Waals surface area (Å²) in [6.07, 6.45) is 6.30. The highest BCUT2D eigenvalue weighted by atomic mass is 32.2. The first kappa shape index (κ1) is 15.9. The zero-order chi connectivity index (χ0) is 14.9. The Labute approximate surface area is 127 Å². The fourth-order valence-corrected chi connectivity index (χ4v) is 4.46. The van der Waals surface area contributed by atoms with Crippen LogP contribution in [0.3, 0.4) is 0 Å². The van der Waals surface area contributed by atoms with Crippen LogP contribution in [-0.4, -0.2) is 33.0 Å². The number of unbranched alkanes of at least 4 members (excludes halogenated alkanes) is 3. The Kier molecular flexibility index (Phi) is 4.85. The molecule has 4 heteroatoms. The number of nitrogens with zero attached hydrogens (tertiary/aromatic N) is 1. The van der Waals surface area contributed by atoms with Gasteiger partial charge in [0.2, 0.25) is 5.91 Å². The summed E-state index contributed by atoms with van der Waals surface area (Å²) < 4.78 is -0.0128. The molecule has 20 heavy (non-hydrogen) atoms. The van der Waals surface area contributed by atoms with Gasteiger partial charge in [-0.2, -0.15) is 0 Å². The van der Waals surface area contributed by atoms with Gasteiger partial charge in [0.15, 0.2) is 0 Å². The van der Waals surface area contributed by atoms with Gasteiger partial charge >= 0.3 is 0 Å². The van der Waals surface area contributed by atoms with Crippen molar-refractivity contribution >= 4 is 17.7 Å². The molecule has 114 valence electrons. The molecule has 0 aliphatic carbocycles. The standard InChI is InChI=1S/C16H28N2OS/c1-6-7-8-9-10-11(2)17-13-14(19)18-12(3)16(4,5)20-15(13)18/h11,13,15,17H,3,6-10H2,1-2,4-5H3/t11?,13-,15-/m1/s1. The Morgan fingerprint density at radius 1 is 1.40 bits per heavy atom. The Balaban J connectivity index is 1.81. The van der Waals surface area contributed by atoms with E-state index in [1.54, 1.807) is 0 Å². The average Bonchev–Trinajstić information content (AvgIpc) is 2.60. The van der Waals surface area contributed by atoms with E-state index in [2.05, 4.69) is 39.6 Å². The van der Waals surface area contributed by atoms with Gasteiger partial charge in [-0.05, 0) is 27.2 Å². The molecule has 0 aromatic carbocycles. The van der Waals surface area contributed by atoms with Crippen LogP contribution in [0.25, 0.3) is 0 Å². The lowest BCUT2D eigenvalue weighted by molar-refractivity contribution is -0.142. The molecule has 2 aliphatic rings. The minimum Gasteiger partial charge on any atom is -0.301 e. The number of amides is 1. The molecule has 2 rings (SSSR count). The van der Waals surface area contributed by atoms with E-state index in [0.717, 1.165) is 12.1 Å². The van der Waals surface area contributed by atoms with Gasteiger partial charge in [0, 0.05) is 11.7 Å². The van der Waals surface area contributed by atoms with Crippen LogP contribution < -0.4 is 5.32 Å². The highest BCUT2D eigenvalue weighted by Gasteiger charge is 2.58. The van der Waals surface area contributed by atoms with Crippen LogP contribution >= 0.6 is 11.8 Å². The van der Waals surface area contributed by atoms with Crippen molar-refractivity contribution in [3.63, 3.8) is 0 Å². The summed E-state index contributed by atoms with van der Waals surface area (Å²) >= 11 is 1.85. The Morgan fingerprint density at radius 2 is 2.10 bits per heavy atom. The molecular formula is C16H28N2OS. The topological polar surface area (TPSA) is 32.3 Å². The zero-order valence-corrected chi connectivity index (χ0v) is 14.1. The number of fused-ring (bicyclic) bond motifs is 1. The van der Waals surface area contributed by atoms with Crippen molar-refractivity contribution in [2.24, 2.45) is 0 Å². The van der Waals surface area contributed by atoms with Gasteiger partial charge < -0.3 is 5.32 Å². The van der Waals surface area contributed by atoms with Crippen LogP contribution in [0.1, 0.15) is 59.8 Å². The van der Waals surface area contributed by atoms with Gasteiger partial charge in [-0.25, -0.2) is 0 Å². The number of thioether (sulfide) groups is 1. The maximum atomic E-state index is 12.2. The van der Waals surface area contributed by atoms with Crippen LogP contribution in [0.5, 0.6) is 0 Å². The largest absolute Gasteiger partial charge is 0.301 e. The summed E-state index contributed by atoms with van der Waals surface area (Å²) in [7, 11) is 0. The van der Waals surface area contributed by atoms with Crippen molar-refractivity contribution < 1.29 is 4.79 Å². The molecule has 3 atom stereocenters. The number of hydrogen-bond donors (Lipinski definition) is 1. The van der Waals surface area contributed by atoms with E-state index >= 15 is 0 Å². The molecule has 0 saturated carbocycles. The number of β-lactam (4-membered cyclic amide) rings is 1. The molecule has 1 N–H and O–H groups in total. The monoisotopic (exact) mass is 296 g/mol. The maximum Gasteiger partial charge on any atom is 0.247 e. The van der Waals surface area contributed by atoms with Gasteiger partial charge in [-0.3, -0.25) is 9.69 Å². The lowest BCUT2D eigenvalue weighted by atomic mass is 10.0. The van der Waals surface area contributed by atoms with E-state index in [1.165, 1.54) is 25.7 Å². The molecular weight excluding hydrogens is 268 g/mol. The van der Waals surface area contributed by atoms with E-state index in [-0.39, 0.29) is 22.1 Å². The molecule has 0 aromatic heterocycles. The van der Waals surface area contributed by atoms with E-state index in [1.807, 2.05) is 16.7 Å². The van der Waals surface area contributed by atoms with Crippen molar-refractivity contribution in [2.45, 2.75) is 82.0 Å². The summed E-state index contributed by atoms with van der Waals surface area (Å²) in [5.74, 6) is 0.207. The van der Waals surface area contributed by atoms with Gasteiger partial charge in [0.25, 0.3) is 0 Å². The smallest absolute Gasteiger partial charge is 0.247 e. The summed E-state index contributed by atoms with van der Waals surface area (Å²) in [4.78, 5) is 14.1. The highest BCUT2D eigenvalue weighted by Crippen LogP contribution is 2.52. The minimum absolute atomic E-state index is 0.0128. The summed E-state index contributed by atoms with van der Waals surface area (Å²) in [6, 6.07) is 0.403. The molecule has 2 heterocycles. The van der Waals surface area contributed by atoms with Crippen molar-refractivity contribution in [1.82, 2.24) is 10.2 Å². The second-order valence-electron chi connectivity index (χ2n) is 6.57. The van der Waals surface area contributed by atoms with Crippen LogP contribution in [0, 0.1) is 0 Å². The summed E-state index contributed by atoms with van der Waals surface area (Å²) in [6.45, 7) is 12.8. The molecule has 3 nitrogen and oxygen atoms in total.